The Hall–Kier alpha value is -0.830. The van der Waals surface area contributed by atoms with E-state index in [0.29, 0.717) is 0 Å². The molecule has 15 nitrogen and oxygen atoms in total. The van der Waals surface area contributed by atoms with Crippen molar-refractivity contribution in [2.45, 2.75) is 31.3 Å². The molecule has 1 aromatic heterocycles. The van der Waals surface area contributed by atoms with Gasteiger partial charge in [-0.3, -0.25) is 14.3 Å². The molecule has 1 aliphatic heterocycles. The molecule has 3 unspecified atom stereocenters. The van der Waals surface area contributed by atoms with Crippen molar-refractivity contribution >= 4 is 23.5 Å². The Kier molecular flexibility index (Phi) is 8.16. The average Bonchev–Trinajstić information content (AvgIpc) is 2.88. The third-order valence-electron chi connectivity index (χ3n) is 3.94. The van der Waals surface area contributed by atoms with Crippen LogP contribution in [0.15, 0.2) is 10.9 Å². The van der Waals surface area contributed by atoms with E-state index in [9.17, 15) is 32.9 Å². The summed E-state index contributed by atoms with van der Waals surface area (Å²) < 4.78 is 69.9. The number of aliphatic hydroxyl groups is 1. The van der Waals surface area contributed by atoms with Crippen LogP contribution in [0.5, 0.6) is 0 Å². The Morgan fingerprint density at radius 1 is 1.16 bits per heavy atom. The molecule has 0 aliphatic carbocycles. The first-order valence-electron chi connectivity index (χ1n) is 8.09. The number of aryl methyl sites for hydroxylation is 1. The standard InChI is InChI=1S/C12H19FNO14P3/c1-5-3-6(11(13)14-12(5)16)9-10(24-2)8(15)7(26-9)4-25-30(20,21)28-31(22,23)27-29(17,18)19/h3,7-10,15H,4H2,1-2H3,(H,14,16)(H,20,21)(H,22,23)(H2,17,18,19)/t7-,8?,9+,10+/m1/s1. The van der Waals surface area contributed by atoms with Crippen LogP contribution >= 0.6 is 23.5 Å². The van der Waals surface area contributed by atoms with E-state index in [1.807, 2.05) is 4.98 Å². The summed E-state index contributed by atoms with van der Waals surface area (Å²) >= 11 is 0. The monoisotopic (exact) mass is 513 g/mol. The zero-order valence-electron chi connectivity index (χ0n) is 15.7. The van der Waals surface area contributed by atoms with Crippen LogP contribution in [-0.2, 0) is 36.3 Å². The first-order valence-corrected chi connectivity index (χ1v) is 12.6. The Morgan fingerprint density at radius 3 is 2.32 bits per heavy atom. The number of pyridine rings is 1. The van der Waals surface area contributed by atoms with Gasteiger partial charge in [0.1, 0.15) is 24.4 Å². The first kappa shape index (κ1) is 26.4. The summed E-state index contributed by atoms with van der Waals surface area (Å²) in [5.41, 5.74) is -0.761. The van der Waals surface area contributed by atoms with Gasteiger partial charge in [-0.15, -0.1) is 0 Å². The number of nitrogens with one attached hydrogen (secondary N) is 1. The maximum atomic E-state index is 14.2. The van der Waals surface area contributed by atoms with Gasteiger partial charge in [-0.1, -0.05) is 0 Å². The highest BCUT2D eigenvalue weighted by molar-refractivity contribution is 7.66. The lowest BCUT2D eigenvalue weighted by Gasteiger charge is -2.19. The fraction of sp³-hybridized carbons (Fsp3) is 0.583. The van der Waals surface area contributed by atoms with E-state index in [4.69, 9.17) is 24.2 Å². The van der Waals surface area contributed by atoms with E-state index in [0.717, 1.165) is 13.2 Å². The third-order valence-corrected chi connectivity index (χ3v) is 7.74. The second-order valence-electron chi connectivity index (χ2n) is 6.22. The fourth-order valence-corrected chi connectivity index (χ4v) is 5.73. The van der Waals surface area contributed by atoms with Crippen LogP contribution in [-0.4, -0.2) is 61.7 Å². The molecule has 0 aromatic carbocycles. The number of methoxy groups -OCH3 is 1. The lowest BCUT2D eigenvalue weighted by molar-refractivity contribution is -0.0244. The van der Waals surface area contributed by atoms with Crippen LogP contribution in [0.2, 0.25) is 0 Å². The lowest BCUT2D eigenvalue weighted by Crippen LogP contribution is -2.34. The molecule has 0 radical (unpaired) electrons. The van der Waals surface area contributed by atoms with Crippen LogP contribution in [0.25, 0.3) is 0 Å². The smallest absolute Gasteiger partial charge is 0.387 e. The van der Waals surface area contributed by atoms with Crippen molar-refractivity contribution in [3.05, 3.63) is 33.5 Å². The Morgan fingerprint density at radius 2 is 1.77 bits per heavy atom. The van der Waals surface area contributed by atoms with Crippen molar-refractivity contribution in [3.8, 4) is 0 Å². The summed E-state index contributed by atoms with van der Waals surface area (Å²) in [6, 6.07) is 1.16. The second-order valence-corrected chi connectivity index (χ2v) is 10.6. The molecule has 19 heteroatoms. The highest BCUT2D eigenvalue weighted by atomic mass is 31.3. The maximum Gasteiger partial charge on any atom is 0.490 e. The van der Waals surface area contributed by atoms with Crippen LogP contribution in [0.1, 0.15) is 17.2 Å². The van der Waals surface area contributed by atoms with E-state index in [1.54, 1.807) is 0 Å². The molecular formula is C12H19FNO14P3. The number of aromatic nitrogens is 1. The van der Waals surface area contributed by atoms with Crippen molar-refractivity contribution in [1.29, 1.82) is 0 Å². The van der Waals surface area contributed by atoms with Crippen molar-refractivity contribution in [1.82, 2.24) is 4.98 Å². The van der Waals surface area contributed by atoms with E-state index in [2.05, 4.69) is 13.1 Å². The predicted molar refractivity (Wildman–Crippen MR) is 96.0 cm³/mol. The minimum atomic E-state index is -5.72. The van der Waals surface area contributed by atoms with Crippen molar-refractivity contribution in [3.63, 3.8) is 0 Å². The normalized spacial score (nSPS) is 28.3. The van der Waals surface area contributed by atoms with Gasteiger partial charge in [0.2, 0.25) is 0 Å². The highest BCUT2D eigenvalue weighted by Crippen LogP contribution is 2.66. The van der Waals surface area contributed by atoms with Gasteiger partial charge < -0.3 is 34.2 Å². The van der Waals surface area contributed by atoms with Gasteiger partial charge in [-0.05, 0) is 13.0 Å². The minimum Gasteiger partial charge on any atom is -0.387 e. The number of aromatic amines is 1. The average molecular weight is 513 g/mol. The second kappa shape index (κ2) is 9.57. The molecule has 1 aromatic rings. The number of ether oxygens (including phenoxy) is 2. The first-order chi connectivity index (χ1) is 14.1. The molecule has 0 spiro atoms. The molecule has 2 rings (SSSR count). The molecule has 2 heterocycles. The van der Waals surface area contributed by atoms with E-state index >= 15 is 0 Å². The summed E-state index contributed by atoms with van der Waals surface area (Å²) in [4.78, 5) is 49.0. The summed E-state index contributed by atoms with van der Waals surface area (Å²) in [6.07, 6.45) is -5.51. The van der Waals surface area contributed by atoms with Crippen molar-refractivity contribution in [2.24, 2.45) is 0 Å². The topological polar surface area (TPSA) is 231 Å². The number of rotatable bonds is 9. The summed E-state index contributed by atoms with van der Waals surface area (Å²) in [5, 5.41) is 10.3. The molecule has 0 amide bonds. The van der Waals surface area contributed by atoms with Crippen molar-refractivity contribution in [2.75, 3.05) is 13.7 Å². The van der Waals surface area contributed by atoms with Crippen LogP contribution in [0.3, 0.4) is 0 Å². The van der Waals surface area contributed by atoms with E-state index in [1.165, 1.54) is 6.92 Å². The predicted octanol–water partition coefficient (Wildman–Crippen LogP) is -0.0185. The molecule has 31 heavy (non-hydrogen) atoms. The quantitative estimate of drug-likeness (QED) is 0.188. The minimum absolute atomic E-state index is 0.126. The molecule has 1 aliphatic rings. The number of hydrogen-bond donors (Lipinski definition) is 6. The Balaban J connectivity index is 2.13. The SMILES string of the molecule is CO[C@H]1C(O)[C@@H](COP(=O)(O)OP(=O)(O)OP(=O)(O)O)O[C@H]1c1cc(C)c(=O)[nH]c1F. The molecule has 1 saturated heterocycles. The van der Waals surface area contributed by atoms with Gasteiger partial charge in [0.15, 0.2) is 5.95 Å². The molecule has 0 saturated carbocycles. The van der Waals surface area contributed by atoms with Crippen LogP contribution < -0.4 is 5.56 Å². The van der Waals surface area contributed by atoms with Crippen LogP contribution in [0.4, 0.5) is 4.39 Å². The number of phosphoric ester groups is 1. The third kappa shape index (κ3) is 7.07. The van der Waals surface area contributed by atoms with Crippen molar-refractivity contribution < 1.29 is 65.4 Å². The van der Waals surface area contributed by atoms with Gasteiger partial charge in [0, 0.05) is 18.2 Å². The van der Waals surface area contributed by atoms with E-state index in [-0.39, 0.29) is 11.1 Å². The van der Waals surface area contributed by atoms with Gasteiger partial charge in [0.25, 0.3) is 5.56 Å². The van der Waals surface area contributed by atoms with Gasteiger partial charge in [-0.25, -0.2) is 13.7 Å². The van der Waals surface area contributed by atoms with Gasteiger partial charge >= 0.3 is 23.5 Å². The molecule has 0 bridgehead atoms. The summed E-state index contributed by atoms with van der Waals surface area (Å²) in [7, 11) is -15.6. The number of aliphatic hydroxyl groups excluding tert-OH is 1. The zero-order valence-corrected chi connectivity index (χ0v) is 18.4. The Labute approximate surface area is 173 Å². The maximum absolute atomic E-state index is 14.2. The summed E-state index contributed by atoms with van der Waals surface area (Å²) in [5.74, 6) is -1.07. The number of H-pyrrole nitrogens is 1. The van der Waals surface area contributed by atoms with E-state index < -0.39 is 66.0 Å². The van der Waals surface area contributed by atoms with Crippen LogP contribution in [0, 0.1) is 12.9 Å². The summed E-state index contributed by atoms with van der Waals surface area (Å²) in [6.45, 7) is 0.424. The zero-order chi connectivity index (χ0) is 23.8. The molecule has 178 valence electrons. The molecule has 6 N–H and O–H groups in total. The number of halogens is 1. The largest absolute Gasteiger partial charge is 0.490 e. The number of hydrogen-bond acceptors (Lipinski definition) is 10. The molecular weight excluding hydrogens is 494 g/mol. The Bertz CT molecular complexity index is 1010. The molecule has 6 atom stereocenters. The highest BCUT2D eigenvalue weighted by Gasteiger charge is 2.48. The fourth-order valence-electron chi connectivity index (χ4n) is 2.70. The number of phosphoric acid groups is 3. The van der Waals surface area contributed by atoms with Gasteiger partial charge in [0.05, 0.1) is 6.61 Å². The lowest BCUT2D eigenvalue weighted by atomic mass is 10.0. The van der Waals surface area contributed by atoms with Gasteiger partial charge in [-0.2, -0.15) is 13.0 Å². The molecule has 1 fully saturated rings.